The predicted octanol–water partition coefficient (Wildman–Crippen LogP) is 4.50. The number of para-hydroxylation sites is 1. The molecule has 0 aliphatic carbocycles. The lowest BCUT2D eigenvalue weighted by atomic mass is 10.2. The molecule has 32 heavy (non-hydrogen) atoms. The molecule has 10 heteroatoms. The standard InChI is InChI=1S/C22H20N4O3S3/c1-2-10-23-21(29)24-17(27)13-32-22-25-19-18(15(12-31-19)16-9-6-11-30-16)20(28)26(22)14-7-4-3-5-8-14/h3-9,11-12H,2,10,13H2,1H3,(H2,23,24,27,29). The van der Waals surface area contributed by atoms with Crippen LogP contribution in [0.25, 0.3) is 26.3 Å². The molecule has 0 atom stereocenters. The number of urea groups is 1. The molecule has 0 aliphatic rings. The Morgan fingerprint density at radius 2 is 1.94 bits per heavy atom. The Bertz CT molecular complexity index is 1300. The van der Waals surface area contributed by atoms with Crippen LogP contribution in [0.5, 0.6) is 0 Å². The molecule has 3 aromatic heterocycles. The molecule has 0 saturated heterocycles. The summed E-state index contributed by atoms with van der Waals surface area (Å²) >= 11 is 4.09. The molecule has 0 fully saturated rings. The summed E-state index contributed by atoms with van der Waals surface area (Å²) in [6.45, 7) is 2.42. The highest BCUT2D eigenvalue weighted by Crippen LogP contribution is 2.35. The molecule has 3 amide bonds. The number of rotatable bonds is 7. The molecule has 0 saturated carbocycles. The number of thioether (sulfide) groups is 1. The van der Waals surface area contributed by atoms with E-state index in [1.54, 1.807) is 11.3 Å². The maximum atomic E-state index is 13.6. The first-order valence-corrected chi connectivity index (χ1v) is 12.7. The van der Waals surface area contributed by atoms with Crippen molar-refractivity contribution in [2.24, 2.45) is 0 Å². The van der Waals surface area contributed by atoms with Gasteiger partial charge in [0.25, 0.3) is 5.56 Å². The maximum absolute atomic E-state index is 13.6. The SMILES string of the molecule is CCCNC(=O)NC(=O)CSc1nc2scc(-c3cccs3)c2c(=O)n1-c1ccccc1. The number of hydrogen-bond donors (Lipinski definition) is 2. The normalized spacial score (nSPS) is 10.9. The van der Waals surface area contributed by atoms with Crippen molar-refractivity contribution in [1.82, 2.24) is 20.2 Å². The largest absolute Gasteiger partial charge is 0.338 e. The highest BCUT2D eigenvalue weighted by molar-refractivity contribution is 7.99. The number of imide groups is 1. The van der Waals surface area contributed by atoms with Gasteiger partial charge < -0.3 is 5.32 Å². The van der Waals surface area contributed by atoms with Gasteiger partial charge in [0.15, 0.2) is 5.16 Å². The fourth-order valence-electron chi connectivity index (χ4n) is 3.06. The topological polar surface area (TPSA) is 93.1 Å². The number of nitrogens with zero attached hydrogens (tertiary/aromatic N) is 2. The monoisotopic (exact) mass is 484 g/mol. The molecule has 0 unspecified atom stereocenters. The van der Waals surface area contributed by atoms with E-state index in [-0.39, 0.29) is 11.3 Å². The van der Waals surface area contributed by atoms with E-state index in [0.717, 1.165) is 28.6 Å². The molecular weight excluding hydrogens is 464 g/mol. The van der Waals surface area contributed by atoms with Crippen LogP contribution < -0.4 is 16.2 Å². The van der Waals surface area contributed by atoms with E-state index in [9.17, 15) is 14.4 Å². The van der Waals surface area contributed by atoms with Crippen LogP contribution in [-0.4, -0.2) is 33.8 Å². The van der Waals surface area contributed by atoms with Gasteiger partial charge in [0, 0.05) is 22.4 Å². The van der Waals surface area contributed by atoms with Gasteiger partial charge in [-0.15, -0.1) is 22.7 Å². The number of amides is 3. The average Bonchev–Trinajstić information content (AvgIpc) is 3.47. The first-order valence-electron chi connectivity index (χ1n) is 9.92. The Kier molecular flexibility index (Phi) is 7.03. The number of aromatic nitrogens is 2. The van der Waals surface area contributed by atoms with E-state index < -0.39 is 11.9 Å². The van der Waals surface area contributed by atoms with Crippen LogP contribution >= 0.6 is 34.4 Å². The first kappa shape index (κ1) is 22.3. The number of carbonyl (C=O) groups is 2. The Labute approximate surface area is 196 Å². The Hall–Kier alpha value is -2.95. The molecule has 2 N–H and O–H groups in total. The lowest BCUT2D eigenvalue weighted by molar-refractivity contribution is -0.117. The molecule has 0 aliphatic heterocycles. The van der Waals surface area contributed by atoms with E-state index in [1.807, 2.05) is 60.1 Å². The minimum absolute atomic E-state index is 0.0481. The van der Waals surface area contributed by atoms with Crippen LogP contribution in [0.1, 0.15) is 13.3 Å². The summed E-state index contributed by atoms with van der Waals surface area (Å²) in [5.74, 6) is -0.504. The molecule has 0 bridgehead atoms. The maximum Gasteiger partial charge on any atom is 0.321 e. The Morgan fingerprint density at radius 3 is 2.66 bits per heavy atom. The van der Waals surface area contributed by atoms with Crippen LogP contribution in [0.2, 0.25) is 0 Å². The van der Waals surface area contributed by atoms with Gasteiger partial charge in [0.1, 0.15) is 4.83 Å². The number of thiophene rings is 2. The van der Waals surface area contributed by atoms with E-state index in [4.69, 9.17) is 4.98 Å². The highest BCUT2D eigenvalue weighted by Gasteiger charge is 2.20. The van der Waals surface area contributed by atoms with Crippen LogP contribution in [0, 0.1) is 0 Å². The summed E-state index contributed by atoms with van der Waals surface area (Å²) in [4.78, 5) is 43.9. The molecule has 7 nitrogen and oxygen atoms in total. The molecule has 164 valence electrons. The third-order valence-electron chi connectivity index (χ3n) is 4.50. The van der Waals surface area contributed by atoms with Crippen LogP contribution in [0.4, 0.5) is 4.79 Å². The second-order valence-corrected chi connectivity index (χ2v) is 9.52. The second kappa shape index (κ2) is 10.1. The summed E-state index contributed by atoms with van der Waals surface area (Å²) in [6.07, 6.45) is 0.776. The molecule has 0 spiro atoms. The summed E-state index contributed by atoms with van der Waals surface area (Å²) in [5, 5.41) is 9.78. The molecule has 4 aromatic rings. The minimum atomic E-state index is -0.528. The number of hydrogen-bond acceptors (Lipinski definition) is 7. The molecule has 1 aromatic carbocycles. The molecular formula is C22H20N4O3S3. The van der Waals surface area contributed by atoms with E-state index in [2.05, 4.69) is 10.6 Å². The van der Waals surface area contributed by atoms with Gasteiger partial charge >= 0.3 is 6.03 Å². The summed E-state index contributed by atoms with van der Waals surface area (Å²) in [7, 11) is 0. The highest BCUT2D eigenvalue weighted by atomic mass is 32.2. The summed E-state index contributed by atoms with van der Waals surface area (Å²) in [5.41, 5.74) is 1.34. The van der Waals surface area contributed by atoms with Gasteiger partial charge in [-0.3, -0.25) is 19.5 Å². The van der Waals surface area contributed by atoms with Crippen LogP contribution in [-0.2, 0) is 4.79 Å². The molecule has 4 rings (SSSR count). The van der Waals surface area contributed by atoms with Gasteiger partial charge in [0.2, 0.25) is 5.91 Å². The third-order valence-corrected chi connectivity index (χ3v) is 7.21. The van der Waals surface area contributed by atoms with Crippen molar-refractivity contribution in [3.8, 4) is 16.1 Å². The zero-order valence-corrected chi connectivity index (χ0v) is 19.6. The van der Waals surface area contributed by atoms with E-state index in [1.165, 1.54) is 15.9 Å². The fraction of sp³-hybridized carbons (Fsp3) is 0.182. The number of fused-ring (bicyclic) bond motifs is 1. The second-order valence-electron chi connectivity index (χ2n) is 6.77. The van der Waals surface area contributed by atoms with Crippen LogP contribution in [0.15, 0.2) is 63.2 Å². The third kappa shape index (κ3) is 4.77. The van der Waals surface area contributed by atoms with Crippen LogP contribution in [0.3, 0.4) is 0 Å². The van der Waals surface area contributed by atoms with Crippen molar-refractivity contribution in [1.29, 1.82) is 0 Å². The van der Waals surface area contributed by atoms with E-state index >= 15 is 0 Å². The van der Waals surface area contributed by atoms with Crippen molar-refractivity contribution >= 4 is 56.6 Å². The number of nitrogens with one attached hydrogen (secondary N) is 2. The zero-order valence-electron chi connectivity index (χ0n) is 17.2. The summed E-state index contributed by atoms with van der Waals surface area (Å²) < 4.78 is 1.53. The molecule has 3 heterocycles. The zero-order chi connectivity index (χ0) is 22.5. The van der Waals surface area contributed by atoms with Gasteiger partial charge in [-0.1, -0.05) is 43.0 Å². The average molecular weight is 485 g/mol. The van der Waals surface area contributed by atoms with Crippen molar-refractivity contribution in [2.75, 3.05) is 12.3 Å². The van der Waals surface area contributed by atoms with Gasteiger partial charge in [-0.05, 0) is 30.0 Å². The smallest absolute Gasteiger partial charge is 0.321 e. The first-order chi connectivity index (χ1) is 15.6. The van der Waals surface area contributed by atoms with Crippen molar-refractivity contribution < 1.29 is 9.59 Å². The molecule has 0 radical (unpaired) electrons. The minimum Gasteiger partial charge on any atom is -0.338 e. The Balaban J connectivity index is 1.70. The van der Waals surface area contributed by atoms with Gasteiger partial charge in [0.05, 0.1) is 16.8 Å². The fourth-order valence-corrected chi connectivity index (χ4v) is 5.68. The van der Waals surface area contributed by atoms with Crippen molar-refractivity contribution in [3.05, 3.63) is 63.6 Å². The lowest BCUT2D eigenvalue weighted by Crippen LogP contribution is -2.40. The van der Waals surface area contributed by atoms with Gasteiger partial charge in [-0.25, -0.2) is 9.78 Å². The van der Waals surface area contributed by atoms with Gasteiger partial charge in [-0.2, -0.15) is 0 Å². The van der Waals surface area contributed by atoms with Crippen molar-refractivity contribution in [2.45, 2.75) is 18.5 Å². The lowest BCUT2D eigenvalue weighted by Gasteiger charge is -2.12. The van der Waals surface area contributed by atoms with Crippen molar-refractivity contribution in [3.63, 3.8) is 0 Å². The predicted molar refractivity (Wildman–Crippen MR) is 131 cm³/mol. The Morgan fingerprint density at radius 1 is 1.12 bits per heavy atom. The number of benzene rings is 1. The van der Waals surface area contributed by atoms with E-state index in [0.29, 0.717) is 27.6 Å². The summed E-state index contributed by atoms with van der Waals surface area (Å²) in [6, 6.07) is 12.6. The number of carbonyl (C=O) groups excluding carboxylic acids is 2. The quantitative estimate of drug-likeness (QED) is 0.298.